The molecule has 0 fully saturated rings. The largest absolute Gasteiger partial charge is 0.505 e. The molecule has 41 heavy (non-hydrogen) atoms. The minimum absolute atomic E-state index is 0.00303. The molecule has 0 bridgehead atoms. The maximum atomic E-state index is 12.2. The van der Waals surface area contributed by atoms with E-state index in [1.807, 2.05) is 0 Å². The number of phenols is 1. The number of phenolic OH excluding ortho intramolecular Hbond substituents is 1. The van der Waals surface area contributed by atoms with Crippen molar-refractivity contribution < 1.29 is 40.6 Å². The Labute approximate surface area is 267 Å². The summed E-state index contributed by atoms with van der Waals surface area (Å²) in [7, 11) is -9.87. The lowest BCUT2D eigenvalue weighted by Crippen LogP contribution is -2.23. The van der Waals surface area contributed by atoms with E-state index in [4.69, 9.17) is 0 Å². The Kier molecular flexibility index (Phi) is 11.1. The van der Waals surface area contributed by atoms with Gasteiger partial charge in [-0.2, -0.15) is 16.8 Å². The number of hydrogen-bond donors (Lipinski definition) is 5. The van der Waals surface area contributed by atoms with Crippen LogP contribution in [0.3, 0.4) is 0 Å². The van der Waals surface area contributed by atoms with Gasteiger partial charge in [-0.05, 0) is 41.8 Å². The number of halogens is 4. The number of carbonyl (C=O) groups is 2. The van der Waals surface area contributed by atoms with Crippen molar-refractivity contribution in [3.05, 3.63) is 42.5 Å². The van der Waals surface area contributed by atoms with Gasteiger partial charge in [0.05, 0.1) is 0 Å². The summed E-state index contributed by atoms with van der Waals surface area (Å²) < 4.78 is 67.7. The summed E-state index contributed by atoms with van der Waals surface area (Å²) in [6, 6.07) is 8.28. The van der Waals surface area contributed by atoms with Crippen molar-refractivity contribution in [2.24, 2.45) is 10.2 Å². The summed E-state index contributed by atoms with van der Waals surface area (Å²) in [6.07, 6.45) is 0. The molecule has 220 valence electrons. The van der Waals surface area contributed by atoms with Gasteiger partial charge in [0.1, 0.15) is 30.8 Å². The second-order valence-electron chi connectivity index (χ2n) is 8.06. The van der Waals surface area contributed by atoms with Crippen LogP contribution in [-0.2, 0) is 29.8 Å². The molecule has 3 rings (SSSR count). The quantitative estimate of drug-likeness (QED) is 0.0967. The highest BCUT2D eigenvalue weighted by molar-refractivity contribution is 9.12. The van der Waals surface area contributed by atoms with Crippen LogP contribution >= 0.6 is 63.7 Å². The lowest BCUT2D eigenvalue weighted by molar-refractivity contribution is -0.116. The molecular weight excluding hydrogens is 848 g/mol. The van der Waals surface area contributed by atoms with Crippen LogP contribution in [0.25, 0.3) is 10.8 Å². The van der Waals surface area contributed by atoms with E-state index < -0.39 is 68.6 Å². The van der Waals surface area contributed by atoms with E-state index in [1.165, 1.54) is 24.3 Å². The van der Waals surface area contributed by atoms with Crippen LogP contribution in [-0.4, -0.2) is 63.2 Å². The van der Waals surface area contributed by atoms with Crippen LogP contribution in [0.2, 0.25) is 0 Å². The molecule has 3 aromatic rings. The van der Waals surface area contributed by atoms with Crippen LogP contribution in [0.4, 0.5) is 22.7 Å². The summed E-state index contributed by atoms with van der Waals surface area (Å²) in [5.41, 5.74) is -1.02. The number of rotatable bonds is 10. The molecule has 19 heteroatoms. The van der Waals surface area contributed by atoms with Gasteiger partial charge in [0.15, 0.2) is 5.75 Å². The first-order valence-corrected chi connectivity index (χ1v) is 17.8. The molecule has 0 aromatic heterocycles. The second kappa shape index (κ2) is 13.5. The highest BCUT2D eigenvalue weighted by atomic mass is 79.9. The zero-order chi connectivity index (χ0) is 30.7. The number of carbonyl (C=O) groups excluding carboxylic acids is 2. The zero-order valence-corrected chi connectivity index (χ0v) is 28.1. The lowest BCUT2D eigenvalue weighted by atomic mass is 10.1. The molecule has 2 amide bonds. The van der Waals surface area contributed by atoms with Crippen molar-refractivity contribution in [2.45, 2.75) is 19.4 Å². The number of azo groups is 1. The number of anilines is 2. The van der Waals surface area contributed by atoms with Gasteiger partial charge in [0, 0.05) is 27.4 Å². The van der Waals surface area contributed by atoms with E-state index in [-0.39, 0.29) is 27.5 Å². The summed E-state index contributed by atoms with van der Waals surface area (Å²) in [6.45, 7) is 0. The second-order valence-corrected chi connectivity index (χ2v) is 14.3. The minimum atomic E-state index is -5.00. The van der Waals surface area contributed by atoms with E-state index >= 15 is 0 Å². The van der Waals surface area contributed by atoms with Gasteiger partial charge in [-0.15, -0.1) is 10.2 Å². The summed E-state index contributed by atoms with van der Waals surface area (Å²) >= 11 is 12.6. The highest BCUT2D eigenvalue weighted by Crippen LogP contribution is 2.42. The fraction of sp³-hybridized carbons (Fsp3) is 0.182. The molecule has 0 spiro atoms. The standard InChI is InChI=1S/C22H18Br4N4O9S2/c23-8-14(25)21(32)27-11-2-1-10-5-18(41(37,38)39)19(20(31)13(10)6-11)30-29-16-7-12(28-22(33)15(26)9-24)3-4-17(16)40(34,35)36/h1-7,14-15,31H,8-9H2,(H,27,32)(H,28,33)(H,34,35,36)(H,37,38,39)/t14-,15-/m0/s1. The number of amides is 2. The van der Waals surface area contributed by atoms with Crippen molar-refractivity contribution in [1.29, 1.82) is 0 Å². The first kappa shape index (κ1) is 33.5. The van der Waals surface area contributed by atoms with Crippen molar-refractivity contribution >= 4 is 129 Å². The Morgan fingerprint density at radius 3 is 1.80 bits per heavy atom. The van der Waals surface area contributed by atoms with Crippen molar-refractivity contribution in [3.63, 3.8) is 0 Å². The smallest absolute Gasteiger partial charge is 0.296 e. The lowest BCUT2D eigenvalue weighted by Gasteiger charge is -2.12. The average Bonchev–Trinajstić information content (AvgIpc) is 2.90. The van der Waals surface area contributed by atoms with Gasteiger partial charge in [0.2, 0.25) is 11.8 Å². The molecule has 0 heterocycles. The topological polar surface area (TPSA) is 212 Å². The third-order valence-corrected chi connectivity index (χ3v) is 11.5. The van der Waals surface area contributed by atoms with Crippen molar-refractivity contribution in [1.82, 2.24) is 0 Å². The predicted octanol–water partition coefficient (Wildman–Crippen LogP) is 5.65. The number of benzene rings is 3. The number of nitrogens with zero attached hydrogens (tertiary/aromatic N) is 2. The maximum Gasteiger partial charge on any atom is 0.296 e. The van der Waals surface area contributed by atoms with Gasteiger partial charge >= 0.3 is 0 Å². The summed E-state index contributed by atoms with van der Waals surface area (Å²) in [5, 5.41) is 24.2. The van der Waals surface area contributed by atoms with Gasteiger partial charge in [0.25, 0.3) is 20.2 Å². The van der Waals surface area contributed by atoms with Crippen LogP contribution < -0.4 is 10.6 Å². The monoisotopic (exact) mass is 862 g/mol. The molecule has 0 aliphatic heterocycles. The molecule has 0 saturated heterocycles. The molecule has 0 aliphatic carbocycles. The van der Waals surface area contributed by atoms with Crippen LogP contribution in [0.5, 0.6) is 5.75 Å². The number of hydrogen-bond acceptors (Lipinski definition) is 9. The maximum absolute atomic E-state index is 12.2. The third-order valence-electron chi connectivity index (χ3n) is 5.20. The number of nitrogens with one attached hydrogen (secondary N) is 2. The minimum Gasteiger partial charge on any atom is -0.505 e. The van der Waals surface area contributed by atoms with Gasteiger partial charge in [-0.25, -0.2) is 0 Å². The van der Waals surface area contributed by atoms with Crippen LogP contribution in [0.1, 0.15) is 0 Å². The van der Waals surface area contributed by atoms with E-state index in [0.717, 1.165) is 18.2 Å². The Hall–Kier alpha value is -2.00. The van der Waals surface area contributed by atoms with E-state index in [1.54, 1.807) is 0 Å². The molecule has 3 aromatic carbocycles. The van der Waals surface area contributed by atoms with Gasteiger partial charge in [-0.3, -0.25) is 18.7 Å². The van der Waals surface area contributed by atoms with Crippen molar-refractivity contribution in [3.8, 4) is 5.75 Å². The van der Waals surface area contributed by atoms with E-state index in [2.05, 4.69) is 84.6 Å². The molecule has 13 nitrogen and oxygen atoms in total. The molecule has 0 aliphatic rings. The number of alkyl halides is 4. The van der Waals surface area contributed by atoms with E-state index in [0.29, 0.717) is 5.33 Å². The third kappa shape index (κ3) is 8.31. The molecule has 0 unspecified atom stereocenters. The Morgan fingerprint density at radius 1 is 0.780 bits per heavy atom. The normalized spacial score (nSPS) is 13.7. The van der Waals surface area contributed by atoms with Crippen LogP contribution in [0.15, 0.2) is 62.5 Å². The Balaban J connectivity index is 2.19. The summed E-state index contributed by atoms with van der Waals surface area (Å²) in [5.74, 6) is -1.69. The van der Waals surface area contributed by atoms with Gasteiger partial charge in [-0.1, -0.05) is 69.8 Å². The first-order valence-electron chi connectivity index (χ1n) is 10.9. The Morgan fingerprint density at radius 2 is 1.29 bits per heavy atom. The molecule has 0 radical (unpaired) electrons. The van der Waals surface area contributed by atoms with E-state index in [9.17, 15) is 40.6 Å². The number of fused-ring (bicyclic) bond motifs is 1. The molecule has 2 atom stereocenters. The fourth-order valence-corrected chi connectivity index (χ4v) is 5.37. The highest BCUT2D eigenvalue weighted by Gasteiger charge is 2.24. The molecule has 5 N–H and O–H groups in total. The zero-order valence-electron chi connectivity index (χ0n) is 20.1. The number of aromatic hydroxyl groups is 1. The predicted molar refractivity (Wildman–Crippen MR) is 166 cm³/mol. The first-order chi connectivity index (χ1) is 19.1. The summed E-state index contributed by atoms with van der Waals surface area (Å²) in [4.78, 5) is 21.6. The molecular formula is C22H18Br4N4O9S2. The fourth-order valence-electron chi connectivity index (χ4n) is 3.29. The average molecular weight is 866 g/mol. The Bertz CT molecular complexity index is 1770. The van der Waals surface area contributed by atoms with Crippen LogP contribution in [0, 0.1) is 0 Å². The van der Waals surface area contributed by atoms with Gasteiger partial charge < -0.3 is 15.7 Å². The SMILES string of the molecule is O=C(Nc1ccc(S(=O)(=O)O)c(N=Nc2c(S(=O)(=O)O)cc3ccc(NC(=O)[C@@H](Br)CBr)cc3c2O)c1)[C@@H](Br)CBr. The van der Waals surface area contributed by atoms with Crippen molar-refractivity contribution in [2.75, 3.05) is 21.3 Å². The molecule has 0 saturated carbocycles.